The number of fused-ring (bicyclic) bond motifs is 1. The van der Waals surface area contributed by atoms with Crippen LogP contribution in [0.2, 0.25) is 0 Å². The van der Waals surface area contributed by atoms with E-state index in [0.717, 1.165) is 6.07 Å². The average molecular weight is 208 g/mol. The Morgan fingerprint density at radius 2 is 2.07 bits per heavy atom. The van der Waals surface area contributed by atoms with Gasteiger partial charge in [-0.3, -0.25) is 0 Å². The Hall–Kier alpha value is -1.71. The average Bonchev–Trinajstić information content (AvgIpc) is 2.19. The van der Waals surface area contributed by atoms with Crippen molar-refractivity contribution < 1.29 is 8.78 Å². The molecule has 15 heavy (non-hydrogen) atoms. The van der Waals surface area contributed by atoms with Crippen LogP contribution in [0.3, 0.4) is 0 Å². The number of halogens is 2. The minimum absolute atomic E-state index is 0.377. The molecule has 0 aliphatic carbocycles. The maximum Gasteiger partial charge on any atom is 0.134 e. The van der Waals surface area contributed by atoms with E-state index in [1.807, 2.05) is 6.92 Å². The van der Waals surface area contributed by atoms with E-state index >= 15 is 0 Å². The Labute approximate surface area is 85.9 Å². The van der Waals surface area contributed by atoms with Crippen LogP contribution in [-0.2, 0) is 0 Å². The molecule has 0 spiro atoms. The van der Waals surface area contributed by atoms with Gasteiger partial charge in [0.25, 0.3) is 0 Å². The van der Waals surface area contributed by atoms with E-state index in [1.54, 1.807) is 0 Å². The van der Waals surface area contributed by atoms with Gasteiger partial charge in [-0.15, -0.1) is 0 Å². The largest absolute Gasteiger partial charge is 0.370 e. The molecule has 0 aliphatic rings. The van der Waals surface area contributed by atoms with Gasteiger partial charge in [-0.1, -0.05) is 0 Å². The van der Waals surface area contributed by atoms with Crippen LogP contribution in [0.15, 0.2) is 24.4 Å². The number of benzene rings is 1. The summed E-state index contributed by atoms with van der Waals surface area (Å²) in [5.41, 5.74) is 0. The monoisotopic (exact) mass is 208 g/mol. The first-order valence-electron chi connectivity index (χ1n) is 4.70. The van der Waals surface area contributed by atoms with Crippen LogP contribution in [0.5, 0.6) is 0 Å². The molecule has 0 amide bonds. The molecule has 0 bridgehead atoms. The van der Waals surface area contributed by atoms with Crippen molar-refractivity contribution in [1.82, 2.24) is 4.98 Å². The third-order valence-corrected chi connectivity index (χ3v) is 2.14. The topological polar surface area (TPSA) is 24.9 Å². The summed E-state index contributed by atoms with van der Waals surface area (Å²) in [7, 11) is 0. The van der Waals surface area contributed by atoms with Crippen molar-refractivity contribution >= 4 is 16.6 Å². The molecule has 78 valence electrons. The van der Waals surface area contributed by atoms with Gasteiger partial charge in [0.1, 0.15) is 17.5 Å². The summed E-state index contributed by atoms with van der Waals surface area (Å²) in [4.78, 5) is 4.03. The molecule has 0 aliphatic heterocycles. The third-order valence-electron chi connectivity index (χ3n) is 2.14. The van der Waals surface area contributed by atoms with Crippen LogP contribution in [-0.4, -0.2) is 11.5 Å². The normalized spacial score (nSPS) is 10.6. The lowest BCUT2D eigenvalue weighted by atomic mass is 10.1. The molecule has 1 aromatic heterocycles. The van der Waals surface area contributed by atoms with E-state index in [2.05, 4.69) is 10.3 Å². The molecule has 0 atom stereocenters. The molecule has 1 heterocycles. The molecular formula is C11H10F2N2. The van der Waals surface area contributed by atoms with E-state index in [1.165, 1.54) is 18.3 Å². The fourth-order valence-electron chi connectivity index (χ4n) is 1.51. The maximum atomic E-state index is 13.4. The Morgan fingerprint density at radius 3 is 2.80 bits per heavy atom. The van der Waals surface area contributed by atoms with Gasteiger partial charge in [0.05, 0.1) is 0 Å². The summed E-state index contributed by atoms with van der Waals surface area (Å²) in [6, 6.07) is 3.69. The van der Waals surface area contributed by atoms with Crippen molar-refractivity contribution in [2.45, 2.75) is 6.92 Å². The van der Waals surface area contributed by atoms with E-state index in [4.69, 9.17) is 0 Å². The zero-order valence-corrected chi connectivity index (χ0v) is 8.22. The molecule has 2 nitrogen and oxygen atoms in total. The number of nitrogens with zero attached hydrogens (tertiary/aromatic N) is 1. The van der Waals surface area contributed by atoms with Gasteiger partial charge in [0, 0.05) is 29.6 Å². The lowest BCUT2D eigenvalue weighted by molar-refractivity contribution is 0.592. The fraction of sp³-hybridized carbons (Fsp3) is 0.182. The standard InChI is InChI=1S/C11H10F2N2/c1-2-14-11-9-5-7(12)6-10(13)8(9)3-4-15-11/h3-6H,2H2,1H3,(H,14,15). The molecule has 0 unspecified atom stereocenters. The molecule has 0 saturated heterocycles. The predicted molar refractivity (Wildman–Crippen MR) is 55.8 cm³/mol. The van der Waals surface area contributed by atoms with Crippen molar-refractivity contribution in [1.29, 1.82) is 0 Å². The second kappa shape index (κ2) is 3.81. The number of rotatable bonds is 2. The van der Waals surface area contributed by atoms with Gasteiger partial charge in [-0.2, -0.15) is 0 Å². The Kier molecular flexibility index (Phi) is 2.49. The zero-order valence-electron chi connectivity index (χ0n) is 8.22. The van der Waals surface area contributed by atoms with Crippen molar-refractivity contribution in [3.63, 3.8) is 0 Å². The van der Waals surface area contributed by atoms with Crippen LogP contribution in [0.1, 0.15) is 6.92 Å². The lowest BCUT2D eigenvalue weighted by Crippen LogP contribution is -2.00. The van der Waals surface area contributed by atoms with Crippen molar-refractivity contribution in [3.05, 3.63) is 36.0 Å². The van der Waals surface area contributed by atoms with Crippen LogP contribution < -0.4 is 5.32 Å². The Morgan fingerprint density at radius 1 is 1.27 bits per heavy atom. The summed E-state index contributed by atoms with van der Waals surface area (Å²) in [6.07, 6.45) is 1.50. The molecule has 0 radical (unpaired) electrons. The molecule has 4 heteroatoms. The number of nitrogens with one attached hydrogen (secondary N) is 1. The van der Waals surface area contributed by atoms with E-state index in [9.17, 15) is 8.78 Å². The van der Waals surface area contributed by atoms with Gasteiger partial charge in [0.2, 0.25) is 0 Å². The number of aromatic nitrogens is 1. The first-order chi connectivity index (χ1) is 7.22. The predicted octanol–water partition coefficient (Wildman–Crippen LogP) is 2.94. The van der Waals surface area contributed by atoms with E-state index in [0.29, 0.717) is 23.1 Å². The second-order valence-electron chi connectivity index (χ2n) is 3.17. The first kappa shape index (κ1) is 9.83. The molecule has 0 saturated carbocycles. The quantitative estimate of drug-likeness (QED) is 0.820. The maximum absolute atomic E-state index is 13.4. The summed E-state index contributed by atoms with van der Waals surface area (Å²) < 4.78 is 26.4. The third kappa shape index (κ3) is 1.75. The summed E-state index contributed by atoms with van der Waals surface area (Å²) in [5, 5.41) is 3.81. The first-order valence-corrected chi connectivity index (χ1v) is 4.70. The van der Waals surface area contributed by atoms with Crippen LogP contribution in [0.25, 0.3) is 10.8 Å². The van der Waals surface area contributed by atoms with Gasteiger partial charge in [-0.05, 0) is 19.1 Å². The molecule has 2 aromatic rings. The van der Waals surface area contributed by atoms with Gasteiger partial charge >= 0.3 is 0 Å². The van der Waals surface area contributed by atoms with Crippen LogP contribution in [0, 0.1) is 11.6 Å². The van der Waals surface area contributed by atoms with Crippen LogP contribution >= 0.6 is 0 Å². The molecular weight excluding hydrogens is 198 g/mol. The minimum Gasteiger partial charge on any atom is -0.370 e. The number of anilines is 1. The summed E-state index contributed by atoms with van der Waals surface area (Å²) in [5.74, 6) is -0.646. The molecule has 1 N–H and O–H groups in total. The highest BCUT2D eigenvalue weighted by Crippen LogP contribution is 2.24. The highest BCUT2D eigenvalue weighted by molar-refractivity contribution is 5.92. The van der Waals surface area contributed by atoms with Gasteiger partial charge < -0.3 is 5.32 Å². The van der Waals surface area contributed by atoms with Gasteiger partial charge in [0.15, 0.2) is 0 Å². The van der Waals surface area contributed by atoms with E-state index < -0.39 is 11.6 Å². The smallest absolute Gasteiger partial charge is 0.134 e. The lowest BCUT2D eigenvalue weighted by Gasteiger charge is -2.07. The van der Waals surface area contributed by atoms with Crippen molar-refractivity contribution in [2.75, 3.05) is 11.9 Å². The second-order valence-corrected chi connectivity index (χ2v) is 3.17. The number of hydrogen-bond acceptors (Lipinski definition) is 2. The van der Waals surface area contributed by atoms with Crippen molar-refractivity contribution in [2.24, 2.45) is 0 Å². The highest BCUT2D eigenvalue weighted by Gasteiger charge is 2.07. The highest BCUT2D eigenvalue weighted by atomic mass is 19.1. The summed E-state index contributed by atoms with van der Waals surface area (Å²) >= 11 is 0. The van der Waals surface area contributed by atoms with Gasteiger partial charge in [-0.25, -0.2) is 13.8 Å². The molecule has 2 rings (SSSR count). The number of hydrogen-bond donors (Lipinski definition) is 1. The van der Waals surface area contributed by atoms with E-state index in [-0.39, 0.29) is 0 Å². The summed E-state index contributed by atoms with van der Waals surface area (Å²) in [6.45, 7) is 2.56. The number of pyridine rings is 1. The van der Waals surface area contributed by atoms with Crippen molar-refractivity contribution in [3.8, 4) is 0 Å². The Bertz CT molecular complexity index is 497. The minimum atomic E-state index is -0.591. The molecule has 0 fully saturated rings. The zero-order chi connectivity index (χ0) is 10.8. The SMILES string of the molecule is CCNc1nccc2c(F)cc(F)cc12. The van der Waals surface area contributed by atoms with Crippen LogP contribution in [0.4, 0.5) is 14.6 Å². The molecule has 1 aromatic carbocycles. The fourth-order valence-corrected chi connectivity index (χ4v) is 1.51. The Balaban J connectivity index is 2.73.